The molecule has 0 saturated carbocycles. The van der Waals surface area contributed by atoms with Crippen molar-refractivity contribution in [2.45, 2.75) is 6.92 Å². The Labute approximate surface area is 70.8 Å². The predicted molar refractivity (Wildman–Crippen MR) is 49.9 cm³/mol. The van der Waals surface area contributed by atoms with Crippen molar-refractivity contribution in [3.05, 3.63) is 46.5 Å². The number of aryl methyl sites for hydroxylation is 1. The monoisotopic (exact) mass is 162 g/mol. The van der Waals surface area contributed by atoms with E-state index in [0.717, 1.165) is 11.1 Å². The van der Waals surface area contributed by atoms with Crippen LogP contribution in [0.4, 0.5) is 0 Å². The van der Waals surface area contributed by atoms with Crippen LogP contribution in [0.3, 0.4) is 0 Å². The number of rotatable bonds is 2. The maximum Gasteiger partial charge on any atom is 0.336 e. The maximum atomic E-state index is 10.9. The van der Waals surface area contributed by atoms with E-state index in [0.29, 0.717) is 5.76 Å². The quantitative estimate of drug-likeness (QED) is 0.667. The molecular weight excluding hydrogens is 152 g/mol. The topological polar surface area (TPSA) is 30.2 Å². The molecule has 0 atom stereocenters. The van der Waals surface area contributed by atoms with Gasteiger partial charge in [-0.2, -0.15) is 0 Å². The van der Waals surface area contributed by atoms with Crippen molar-refractivity contribution in [2.24, 2.45) is 0 Å². The molecule has 1 aromatic rings. The van der Waals surface area contributed by atoms with Crippen LogP contribution in [0.15, 0.2) is 28.4 Å². The fraction of sp³-hybridized carbons (Fsp3) is 0.100. The normalized spacial score (nSPS) is 9.42. The van der Waals surface area contributed by atoms with Gasteiger partial charge in [-0.3, -0.25) is 0 Å². The third kappa shape index (κ3) is 1.37. The first-order chi connectivity index (χ1) is 5.69. The van der Waals surface area contributed by atoms with Crippen molar-refractivity contribution < 1.29 is 4.42 Å². The van der Waals surface area contributed by atoms with Gasteiger partial charge in [0.05, 0.1) is 0 Å². The van der Waals surface area contributed by atoms with Crippen LogP contribution in [-0.4, -0.2) is 0 Å². The molecule has 2 nitrogen and oxygen atoms in total. The zero-order chi connectivity index (χ0) is 9.14. The molecule has 0 fully saturated rings. The molecular formula is C10H10O2. The number of hydrogen-bond donors (Lipinski definition) is 0. The molecule has 0 N–H and O–H groups in total. The van der Waals surface area contributed by atoms with E-state index in [1.807, 2.05) is 6.92 Å². The van der Waals surface area contributed by atoms with Gasteiger partial charge in [0.1, 0.15) is 5.76 Å². The summed E-state index contributed by atoms with van der Waals surface area (Å²) in [6.45, 7) is 9.00. The van der Waals surface area contributed by atoms with Crippen LogP contribution < -0.4 is 5.63 Å². The highest BCUT2D eigenvalue weighted by molar-refractivity contribution is 5.61. The molecule has 0 saturated heterocycles. The molecule has 0 radical (unpaired) electrons. The van der Waals surface area contributed by atoms with Gasteiger partial charge in [-0.05, 0) is 18.6 Å². The molecule has 0 unspecified atom stereocenters. The van der Waals surface area contributed by atoms with E-state index in [4.69, 9.17) is 4.42 Å². The predicted octanol–water partition coefficient (Wildman–Crippen LogP) is 2.23. The molecule has 1 aromatic heterocycles. The Bertz CT molecular complexity index is 372. The lowest BCUT2D eigenvalue weighted by Gasteiger charge is -2.01. The molecule has 0 aliphatic carbocycles. The van der Waals surface area contributed by atoms with Gasteiger partial charge < -0.3 is 4.42 Å². The van der Waals surface area contributed by atoms with Crippen LogP contribution >= 0.6 is 0 Å². The molecule has 0 spiro atoms. The highest BCUT2D eigenvalue weighted by Gasteiger charge is 2.02. The zero-order valence-corrected chi connectivity index (χ0v) is 6.96. The standard InChI is InChI=1S/C10H10O2/c1-4-8-7(3)6-10(11)12-9(8)5-2/h4-6H,1-2H2,3H3. The summed E-state index contributed by atoms with van der Waals surface area (Å²) in [4.78, 5) is 10.9. The largest absolute Gasteiger partial charge is 0.423 e. The summed E-state index contributed by atoms with van der Waals surface area (Å²) in [5.41, 5.74) is 1.33. The van der Waals surface area contributed by atoms with Crippen LogP contribution in [0.25, 0.3) is 12.2 Å². The first-order valence-corrected chi connectivity index (χ1v) is 3.58. The summed E-state index contributed by atoms with van der Waals surface area (Å²) in [5, 5.41) is 0. The van der Waals surface area contributed by atoms with Crippen LogP contribution in [0.1, 0.15) is 16.9 Å². The fourth-order valence-corrected chi connectivity index (χ4v) is 1.05. The molecule has 2 heteroatoms. The van der Waals surface area contributed by atoms with E-state index >= 15 is 0 Å². The second kappa shape index (κ2) is 3.22. The summed E-state index contributed by atoms with van der Waals surface area (Å²) in [6.07, 6.45) is 3.15. The average molecular weight is 162 g/mol. The SMILES string of the molecule is C=Cc1oc(=O)cc(C)c1C=C. The summed E-state index contributed by atoms with van der Waals surface area (Å²) < 4.78 is 4.88. The molecule has 62 valence electrons. The Balaban J connectivity index is 3.53. The Morgan fingerprint density at radius 3 is 2.58 bits per heavy atom. The summed E-state index contributed by atoms with van der Waals surface area (Å²) in [7, 11) is 0. The second-order valence-electron chi connectivity index (χ2n) is 2.43. The highest BCUT2D eigenvalue weighted by Crippen LogP contribution is 2.13. The van der Waals surface area contributed by atoms with E-state index in [2.05, 4.69) is 13.2 Å². The minimum atomic E-state index is -0.354. The Kier molecular flexibility index (Phi) is 2.29. The van der Waals surface area contributed by atoms with Crippen molar-refractivity contribution in [1.82, 2.24) is 0 Å². The van der Waals surface area contributed by atoms with E-state index in [1.165, 1.54) is 12.1 Å². The van der Waals surface area contributed by atoms with Gasteiger partial charge in [-0.15, -0.1) is 0 Å². The van der Waals surface area contributed by atoms with Gasteiger partial charge in [0.2, 0.25) is 0 Å². The Morgan fingerprint density at radius 2 is 2.08 bits per heavy atom. The first-order valence-electron chi connectivity index (χ1n) is 3.58. The van der Waals surface area contributed by atoms with Crippen molar-refractivity contribution in [1.29, 1.82) is 0 Å². The molecule has 0 aromatic carbocycles. The van der Waals surface area contributed by atoms with Gasteiger partial charge in [-0.1, -0.05) is 19.2 Å². The lowest BCUT2D eigenvalue weighted by atomic mass is 10.1. The van der Waals surface area contributed by atoms with E-state index in [-0.39, 0.29) is 5.63 Å². The van der Waals surface area contributed by atoms with Gasteiger partial charge in [0.15, 0.2) is 0 Å². The molecule has 0 aliphatic heterocycles. The maximum absolute atomic E-state index is 10.9. The van der Waals surface area contributed by atoms with Gasteiger partial charge in [0.25, 0.3) is 0 Å². The summed E-state index contributed by atoms with van der Waals surface area (Å²) in [5.74, 6) is 0.481. The van der Waals surface area contributed by atoms with Gasteiger partial charge >= 0.3 is 5.63 Å². The Morgan fingerprint density at radius 1 is 1.42 bits per heavy atom. The lowest BCUT2D eigenvalue weighted by molar-refractivity contribution is 0.498. The second-order valence-corrected chi connectivity index (χ2v) is 2.43. The molecule has 0 bridgehead atoms. The van der Waals surface area contributed by atoms with Crippen LogP contribution in [-0.2, 0) is 0 Å². The summed E-state index contributed by atoms with van der Waals surface area (Å²) in [6, 6.07) is 1.43. The minimum absolute atomic E-state index is 0.354. The van der Waals surface area contributed by atoms with E-state index in [1.54, 1.807) is 6.08 Å². The molecule has 1 rings (SSSR count). The molecule has 0 aliphatic rings. The highest BCUT2D eigenvalue weighted by atomic mass is 16.4. The van der Waals surface area contributed by atoms with Gasteiger partial charge in [-0.25, -0.2) is 4.79 Å². The lowest BCUT2D eigenvalue weighted by Crippen LogP contribution is -2.01. The molecule has 12 heavy (non-hydrogen) atoms. The van der Waals surface area contributed by atoms with Crippen LogP contribution in [0.5, 0.6) is 0 Å². The van der Waals surface area contributed by atoms with Crippen molar-refractivity contribution in [2.75, 3.05) is 0 Å². The first kappa shape index (κ1) is 8.53. The zero-order valence-electron chi connectivity index (χ0n) is 6.96. The minimum Gasteiger partial charge on any atom is -0.423 e. The van der Waals surface area contributed by atoms with Gasteiger partial charge in [0, 0.05) is 11.6 Å². The molecule has 0 amide bonds. The average Bonchev–Trinajstić information content (AvgIpc) is 2.03. The third-order valence-electron chi connectivity index (χ3n) is 1.62. The van der Waals surface area contributed by atoms with E-state index in [9.17, 15) is 4.79 Å². The number of hydrogen-bond acceptors (Lipinski definition) is 2. The smallest absolute Gasteiger partial charge is 0.336 e. The van der Waals surface area contributed by atoms with Crippen molar-refractivity contribution in [3.8, 4) is 0 Å². The molecule has 1 heterocycles. The van der Waals surface area contributed by atoms with Crippen LogP contribution in [0, 0.1) is 6.92 Å². The summed E-state index contributed by atoms with van der Waals surface area (Å²) >= 11 is 0. The van der Waals surface area contributed by atoms with Crippen molar-refractivity contribution in [3.63, 3.8) is 0 Å². The van der Waals surface area contributed by atoms with Crippen LogP contribution in [0.2, 0.25) is 0 Å². The fourth-order valence-electron chi connectivity index (χ4n) is 1.05. The van der Waals surface area contributed by atoms with E-state index < -0.39 is 0 Å². The van der Waals surface area contributed by atoms with Crippen molar-refractivity contribution >= 4 is 12.2 Å². The third-order valence-corrected chi connectivity index (χ3v) is 1.62. The Hall–Kier alpha value is -1.57.